The average Bonchev–Trinajstić information content (AvgIpc) is 3.73. The summed E-state index contributed by atoms with van der Waals surface area (Å²) in [6.45, 7) is -9.52. The number of aliphatic hydroxyl groups is 1. The van der Waals surface area contributed by atoms with Crippen LogP contribution in [0.3, 0.4) is 0 Å². The van der Waals surface area contributed by atoms with Crippen LogP contribution in [0.5, 0.6) is 0 Å². The number of rotatable bonds is 2. The lowest BCUT2D eigenvalue weighted by atomic mass is 10.1. The third kappa shape index (κ3) is 5.28. The van der Waals surface area contributed by atoms with Crippen LogP contribution < -0.4 is 11.5 Å². The molecule has 0 radical (unpaired) electrons. The maximum atomic E-state index is 16.0. The Kier molecular flexibility index (Phi) is 7.64. The molecule has 7 rings (SSSR count). The van der Waals surface area contributed by atoms with Gasteiger partial charge in [0.25, 0.3) is 0 Å². The van der Waals surface area contributed by atoms with Crippen LogP contribution in [-0.2, 0) is 51.2 Å². The number of fused-ring (bicyclic) bond motifs is 5. The van der Waals surface area contributed by atoms with Crippen LogP contribution in [0.2, 0.25) is 0 Å². The number of aromatic nitrogens is 8. The number of hydrogen-bond acceptors (Lipinski definition) is 17. The lowest BCUT2D eigenvalue weighted by molar-refractivity contribution is -0.0602. The predicted molar refractivity (Wildman–Crippen MR) is 153 cm³/mol. The largest absolute Gasteiger partial charge is 0.387 e. The highest BCUT2D eigenvalue weighted by molar-refractivity contribution is 8.07. The molecule has 7 N–H and O–H groups in total. The molecule has 24 heteroatoms. The molecule has 2 bridgehead atoms. The number of nitrogens with zero attached hydrogens (tertiary/aromatic N) is 8. The quantitative estimate of drug-likeness (QED) is 0.167. The fourth-order valence-corrected chi connectivity index (χ4v) is 8.04. The summed E-state index contributed by atoms with van der Waals surface area (Å²) in [4.78, 5) is 46.4. The second-order valence-corrected chi connectivity index (χ2v) is 15.5. The lowest BCUT2D eigenvalue weighted by Gasteiger charge is -2.27. The van der Waals surface area contributed by atoms with Gasteiger partial charge in [-0.3, -0.25) is 18.2 Å². The van der Waals surface area contributed by atoms with Crippen molar-refractivity contribution in [2.75, 3.05) is 24.7 Å². The first-order chi connectivity index (χ1) is 20.9. The maximum absolute atomic E-state index is 16.0. The Morgan fingerprint density at radius 3 is 1.86 bits per heavy atom. The van der Waals surface area contributed by atoms with Crippen LogP contribution >= 0.6 is 13.4 Å². The molecular formula is C20H23FN10O9P2S2. The van der Waals surface area contributed by atoms with Crippen LogP contribution in [0.4, 0.5) is 16.0 Å². The Morgan fingerprint density at radius 1 is 0.773 bits per heavy atom. The smallest absolute Gasteiger partial charge is 0.325 e. The average molecular weight is 693 g/mol. The second kappa shape index (κ2) is 11.1. The monoisotopic (exact) mass is 692 g/mol. The van der Waals surface area contributed by atoms with Crippen molar-refractivity contribution in [1.82, 2.24) is 39.0 Å². The second-order valence-electron chi connectivity index (χ2n) is 9.90. The van der Waals surface area contributed by atoms with Gasteiger partial charge in [0.2, 0.25) is 0 Å². The van der Waals surface area contributed by atoms with Crippen molar-refractivity contribution in [1.29, 1.82) is 0 Å². The van der Waals surface area contributed by atoms with Gasteiger partial charge in [-0.25, -0.2) is 34.3 Å². The van der Waals surface area contributed by atoms with E-state index in [1.165, 1.54) is 34.4 Å². The summed E-state index contributed by atoms with van der Waals surface area (Å²) in [6.07, 6.45) is -6.53. The Labute approximate surface area is 255 Å². The summed E-state index contributed by atoms with van der Waals surface area (Å²) >= 11 is 10.4. The molecule has 236 valence electrons. The fourth-order valence-electron chi connectivity index (χ4n) is 5.19. The van der Waals surface area contributed by atoms with Crippen molar-refractivity contribution in [2.45, 2.75) is 49.1 Å². The molecule has 3 saturated heterocycles. The van der Waals surface area contributed by atoms with E-state index in [2.05, 4.69) is 29.9 Å². The summed E-state index contributed by atoms with van der Waals surface area (Å²) in [5.74, 6) is 0.161. The summed E-state index contributed by atoms with van der Waals surface area (Å²) in [5.41, 5.74) is 12.6. The number of nitrogen functional groups attached to an aromatic ring is 2. The third-order valence-electron chi connectivity index (χ3n) is 7.22. The van der Waals surface area contributed by atoms with E-state index in [-0.39, 0.29) is 34.0 Å². The molecule has 0 spiro atoms. The number of hydrogen-bond donors (Lipinski definition) is 5. The molecular weight excluding hydrogens is 669 g/mol. The minimum atomic E-state index is -4.22. The first-order valence-corrected chi connectivity index (χ1v) is 17.9. The van der Waals surface area contributed by atoms with Crippen molar-refractivity contribution in [3.8, 4) is 0 Å². The Morgan fingerprint density at radius 2 is 1.27 bits per heavy atom. The van der Waals surface area contributed by atoms with Crippen molar-refractivity contribution in [3.63, 3.8) is 0 Å². The number of halogens is 1. The molecule has 44 heavy (non-hydrogen) atoms. The zero-order valence-corrected chi connectivity index (χ0v) is 25.4. The van der Waals surface area contributed by atoms with Gasteiger partial charge in [-0.05, 0) is 23.6 Å². The summed E-state index contributed by atoms with van der Waals surface area (Å²) in [7, 11) is 0. The highest BCUT2D eigenvalue weighted by Crippen LogP contribution is 2.54. The summed E-state index contributed by atoms with van der Waals surface area (Å²) < 4.78 is 53.0. The zero-order valence-electron chi connectivity index (χ0n) is 22.0. The number of alkyl halides is 1. The van der Waals surface area contributed by atoms with E-state index in [0.717, 1.165) is 0 Å². The highest BCUT2D eigenvalue weighted by Gasteiger charge is 2.53. The lowest BCUT2D eigenvalue weighted by Crippen LogP contribution is -2.35. The van der Waals surface area contributed by atoms with E-state index in [1.54, 1.807) is 0 Å². The number of nitrogens with two attached hydrogens (primary N) is 2. The fraction of sp³-hybridized carbons (Fsp3) is 0.500. The van der Waals surface area contributed by atoms with Crippen LogP contribution in [0.15, 0.2) is 25.3 Å². The van der Waals surface area contributed by atoms with Gasteiger partial charge >= 0.3 is 13.4 Å². The SMILES string of the molecule is Nc1ncnc2c1ncn2[C@@H]1O[C@@H]2COP(O)(=S)O[C@H]3C(O)[C@@H](COP(O)(=S)O[C@@H]2C1F)O[C@H]3n1cnc2c(N)ncnc21. The van der Waals surface area contributed by atoms with Gasteiger partial charge in [0.15, 0.2) is 41.6 Å². The Hall–Kier alpha value is -2.43. The summed E-state index contributed by atoms with van der Waals surface area (Å²) in [5, 5.41) is 11.1. The minimum absolute atomic E-state index is 0.0682. The molecule has 4 aromatic rings. The highest BCUT2D eigenvalue weighted by atomic mass is 32.5. The van der Waals surface area contributed by atoms with Crippen molar-refractivity contribution < 1.29 is 46.9 Å². The standard InChI is InChI=1S/C20H23FN10O9P2S2/c21-9-13-8(38-19(9)30-5-28-10-15(22)24-3-26-17(10)30)2-36-42(34,44)40-14-12(32)7(1-35-41(33,43)39-13)37-20(14)31-6-29-11-16(23)25-4-27-18(11)31/h3-9,12-14,19-20,32H,1-2H2,(H,33,43)(H,34,44)(H2,22,24,26)(H2,23,25,27)/t7-,8-,9?,12?,13+,14+,19-,20-,41?,42?/m1/s1. The topological polar surface area (TPSA) is 255 Å². The molecule has 4 aromatic heterocycles. The predicted octanol–water partition coefficient (Wildman–Crippen LogP) is -0.425. The van der Waals surface area contributed by atoms with E-state index in [1.807, 2.05) is 0 Å². The van der Waals surface area contributed by atoms with Crippen molar-refractivity contribution >= 4 is 71.0 Å². The van der Waals surface area contributed by atoms with Gasteiger partial charge in [-0.15, -0.1) is 0 Å². The molecule has 3 fully saturated rings. The molecule has 3 aliphatic heterocycles. The van der Waals surface area contributed by atoms with Gasteiger partial charge < -0.3 is 44.9 Å². The number of ether oxygens (including phenoxy) is 2. The van der Waals surface area contributed by atoms with E-state index < -0.39 is 75.8 Å². The van der Waals surface area contributed by atoms with Crippen LogP contribution in [-0.4, -0.2) is 104 Å². The van der Waals surface area contributed by atoms with Gasteiger partial charge in [-0.2, -0.15) is 0 Å². The normalized spacial score (nSPS) is 38.3. The number of imidazole rings is 2. The Bertz CT molecular complexity index is 1840. The van der Waals surface area contributed by atoms with Gasteiger partial charge in [0.05, 0.1) is 25.9 Å². The molecule has 0 aromatic carbocycles. The van der Waals surface area contributed by atoms with E-state index in [9.17, 15) is 14.9 Å². The number of anilines is 2. The molecule has 4 unspecified atom stereocenters. The molecule has 0 saturated carbocycles. The molecule has 0 aliphatic carbocycles. The number of aliphatic hydroxyl groups excluding tert-OH is 1. The molecule has 19 nitrogen and oxygen atoms in total. The molecule has 3 aliphatic rings. The Balaban J connectivity index is 1.20. The first kappa shape index (κ1) is 30.2. The first-order valence-electron chi connectivity index (χ1n) is 12.7. The van der Waals surface area contributed by atoms with Gasteiger partial charge in [0.1, 0.15) is 54.2 Å². The van der Waals surface area contributed by atoms with Crippen LogP contribution in [0.25, 0.3) is 22.3 Å². The van der Waals surface area contributed by atoms with Gasteiger partial charge in [-0.1, -0.05) is 0 Å². The third-order valence-corrected chi connectivity index (χ3v) is 10.3. The molecule has 10 atom stereocenters. The van der Waals surface area contributed by atoms with Crippen LogP contribution in [0.1, 0.15) is 12.5 Å². The van der Waals surface area contributed by atoms with E-state index in [0.29, 0.717) is 0 Å². The van der Waals surface area contributed by atoms with Crippen molar-refractivity contribution in [2.24, 2.45) is 0 Å². The zero-order chi connectivity index (χ0) is 31.0. The maximum Gasteiger partial charge on any atom is 0.325 e. The van der Waals surface area contributed by atoms with Crippen molar-refractivity contribution in [3.05, 3.63) is 25.3 Å². The minimum Gasteiger partial charge on any atom is -0.387 e. The molecule has 7 heterocycles. The van der Waals surface area contributed by atoms with E-state index in [4.69, 9.17) is 62.6 Å². The molecule has 0 amide bonds. The van der Waals surface area contributed by atoms with Crippen LogP contribution in [0, 0.1) is 0 Å². The van der Waals surface area contributed by atoms with E-state index >= 15 is 4.39 Å². The summed E-state index contributed by atoms with van der Waals surface area (Å²) in [6, 6.07) is 0. The van der Waals surface area contributed by atoms with Gasteiger partial charge in [0, 0.05) is 0 Å².